The number of unbranched alkanes of at least 4 members (excludes halogenated alkanes) is 3. The first-order valence-corrected chi connectivity index (χ1v) is 8.79. The Morgan fingerprint density at radius 2 is 1.95 bits per heavy atom. The Labute approximate surface area is 125 Å². The van der Waals surface area contributed by atoms with E-state index >= 15 is 0 Å². The van der Waals surface area contributed by atoms with Gasteiger partial charge < -0.3 is 15.7 Å². The van der Waals surface area contributed by atoms with Crippen LogP contribution in [-0.2, 0) is 4.79 Å². The molecule has 20 heavy (non-hydrogen) atoms. The molecule has 0 aromatic heterocycles. The monoisotopic (exact) mass is 302 g/mol. The number of hydrogen-bond donors (Lipinski definition) is 3. The minimum atomic E-state index is -0.750. The van der Waals surface area contributed by atoms with E-state index in [4.69, 9.17) is 5.11 Å². The molecule has 1 aliphatic rings. The molecule has 2 amide bonds. The number of carboxylic acid groups (broad SMARTS) is 1. The van der Waals surface area contributed by atoms with Crippen LogP contribution in [0.1, 0.15) is 44.9 Å². The lowest BCUT2D eigenvalue weighted by atomic mass is 10.1. The first-order valence-electron chi connectivity index (χ1n) is 7.39. The van der Waals surface area contributed by atoms with E-state index in [1.165, 1.54) is 18.6 Å². The van der Waals surface area contributed by atoms with Crippen LogP contribution in [0, 0.1) is 5.92 Å². The van der Waals surface area contributed by atoms with E-state index < -0.39 is 5.97 Å². The van der Waals surface area contributed by atoms with Crippen molar-refractivity contribution in [3.63, 3.8) is 0 Å². The molecule has 1 fully saturated rings. The molecule has 0 heterocycles. The van der Waals surface area contributed by atoms with Crippen LogP contribution in [0.15, 0.2) is 0 Å². The van der Waals surface area contributed by atoms with Crippen LogP contribution in [0.25, 0.3) is 0 Å². The van der Waals surface area contributed by atoms with Crippen LogP contribution >= 0.6 is 11.8 Å². The van der Waals surface area contributed by atoms with E-state index in [1.807, 2.05) is 11.8 Å². The second-order valence-electron chi connectivity index (χ2n) is 5.35. The van der Waals surface area contributed by atoms with Crippen LogP contribution in [0.4, 0.5) is 4.79 Å². The Morgan fingerprint density at radius 3 is 2.60 bits per heavy atom. The second kappa shape index (κ2) is 9.91. The summed E-state index contributed by atoms with van der Waals surface area (Å²) >= 11 is 1.87. The molecule has 1 aliphatic carbocycles. The summed E-state index contributed by atoms with van der Waals surface area (Å²) in [6.07, 6.45) is 8.70. The van der Waals surface area contributed by atoms with Crippen LogP contribution < -0.4 is 10.6 Å². The van der Waals surface area contributed by atoms with Crippen molar-refractivity contribution in [2.45, 2.75) is 51.0 Å². The summed E-state index contributed by atoms with van der Waals surface area (Å²) in [7, 11) is 0. The standard InChI is InChI=1S/C14H26N2O3S/c1-20-9-5-3-2-4-8-15-14(19)16-12-7-6-11(10-12)13(17)18/h11-12H,2-10H2,1H3,(H,17,18)(H2,15,16,19). The molecule has 0 saturated heterocycles. The first-order chi connectivity index (χ1) is 9.63. The predicted octanol–water partition coefficient (Wildman–Crippen LogP) is 2.46. The summed E-state index contributed by atoms with van der Waals surface area (Å²) in [5.41, 5.74) is 0. The Hall–Kier alpha value is -0.910. The van der Waals surface area contributed by atoms with Gasteiger partial charge in [0.25, 0.3) is 0 Å². The van der Waals surface area contributed by atoms with E-state index in [0.29, 0.717) is 19.4 Å². The normalized spacial score (nSPS) is 21.6. The molecule has 2 atom stereocenters. The van der Waals surface area contributed by atoms with Crippen LogP contribution in [0.2, 0.25) is 0 Å². The van der Waals surface area contributed by atoms with Gasteiger partial charge in [-0.05, 0) is 44.1 Å². The smallest absolute Gasteiger partial charge is 0.315 e. The highest BCUT2D eigenvalue weighted by Gasteiger charge is 2.30. The SMILES string of the molecule is CSCCCCCCNC(=O)NC1CCC(C(=O)O)C1. The van der Waals surface area contributed by atoms with Gasteiger partial charge in [0.1, 0.15) is 0 Å². The zero-order chi connectivity index (χ0) is 14.8. The van der Waals surface area contributed by atoms with Crippen molar-refractivity contribution >= 4 is 23.8 Å². The fourth-order valence-corrected chi connectivity index (χ4v) is 2.99. The number of hydrogen-bond acceptors (Lipinski definition) is 3. The summed E-state index contributed by atoms with van der Waals surface area (Å²) in [6, 6.07) is -0.150. The van der Waals surface area contributed by atoms with Crippen molar-refractivity contribution in [2.24, 2.45) is 5.92 Å². The van der Waals surface area contributed by atoms with E-state index in [1.54, 1.807) is 0 Å². The van der Waals surface area contributed by atoms with E-state index in [-0.39, 0.29) is 18.0 Å². The van der Waals surface area contributed by atoms with Crippen molar-refractivity contribution in [1.82, 2.24) is 10.6 Å². The third kappa shape index (κ3) is 7.03. The lowest BCUT2D eigenvalue weighted by Crippen LogP contribution is -2.41. The maximum Gasteiger partial charge on any atom is 0.315 e. The molecule has 0 aromatic rings. The Kier molecular flexibility index (Phi) is 8.49. The van der Waals surface area contributed by atoms with Crippen molar-refractivity contribution in [3.05, 3.63) is 0 Å². The molecule has 2 unspecified atom stereocenters. The highest BCUT2D eigenvalue weighted by Crippen LogP contribution is 2.25. The fraction of sp³-hybridized carbons (Fsp3) is 0.857. The minimum Gasteiger partial charge on any atom is -0.481 e. The third-order valence-electron chi connectivity index (χ3n) is 3.68. The van der Waals surface area contributed by atoms with Crippen LogP contribution in [0.5, 0.6) is 0 Å². The number of aliphatic carboxylic acids is 1. The lowest BCUT2D eigenvalue weighted by molar-refractivity contribution is -0.141. The van der Waals surface area contributed by atoms with Gasteiger partial charge in [0.15, 0.2) is 0 Å². The summed E-state index contributed by atoms with van der Waals surface area (Å²) < 4.78 is 0. The topological polar surface area (TPSA) is 78.4 Å². The average Bonchev–Trinajstić information content (AvgIpc) is 2.86. The van der Waals surface area contributed by atoms with Crippen LogP contribution in [0.3, 0.4) is 0 Å². The average molecular weight is 302 g/mol. The van der Waals surface area contributed by atoms with E-state index in [0.717, 1.165) is 19.3 Å². The van der Waals surface area contributed by atoms with Crippen molar-refractivity contribution in [2.75, 3.05) is 18.6 Å². The van der Waals surface area contributed by atoms with Gasteiger partial charge in [0, 0.05) is 12.6 Å². The number of rotatable bonds is 9. The van der Waals surface area contributed by atoms with Crippen molar-refractivity contribution in [3.8, 4) is 0 Å². The highest BCUT2D eigenvalue weighted by molar-refractivity contribution is 7.98. The molecular formula is C14H26N2O3S. The van der Waals surface area contributed by atoms with Gasteiger partial charge in [-0.3, -0.25) is 4.79 Å². The number of thioether (sulfide) groups is 1. The number of nitrogens with one attached hydrogen (secondary N) is 2. The number of urea groups is 1. The predicted molar refractivity (Wildman–Crippen MR) is 82.1 cm³/mol. The number of carbonyl (C=O) groups is 2. The Bertz CT molecular complexity index is 313. The van der Waals surface area contributed by atoms with Gasteiger partial charge in [-0.25, -0.2) is 4.79 Å². The molecule has 0 aromatic carbocycles. The molecule has 5 nitrogen and oxygen atoms in total. The largest absolute Gasteiger partial charge is 0.481 e. The van der Waals surface area contributed by atoms with Gasteiger partial charge in [-0.1, -0.05) is 12.8 Å². The third-order valence-corrected chi connectivity index (χ3v) is 4.37. The fourth-order valence-electron chi connectivity index (χ4n) is 2.50. The zero-order valence-electron chi connectivity index (χ0n) is 12.2. The highest BCUT2D eigenvalue weighted by atomic mass is 32.2. The molecule has 0 aliphatic heterocycles. The van der Waals surface area contributed by atoms with Gasteiger partial charge in [-0.2, -0.15) is 11.8 Å². The van der Waals surface area contributed by atoms with Crippen molar-refractivity contribution < 1.29 is 14.7 Å². The minimum absolute atomic E-state index is 0.0117. The summed E-state index contributed by atoms with van der Waals surface area (Å²) in [5.74, 6) is 0.164. The molecule has 1 saturated carbocycles. The van der Waals surface area contributed by atoms with Crippen LogP contribution in [-0.4, -0.2) is 41.7 Å². The number of amides is 2. The summed E-state index contributed by atoms with van der Waals surface area (Å²) in [4.78, 5) is 22.5. The lowest BCUT2D eigenvalue weighted by Gasteiger charge is -2.13. The Balaban J connectivity index is 2.00. The van der Waals surface area contributed by atoms with Crippen molar-refractivity contribution in [1.29, 1.82) is 0 Å². The quantitative estimate of drug-likeness (QED) is 0.572. The van der Waals surface area contributed by atoms with Gasteiger partial charge >= 0.3 is 12.0 Å². The summed E-state index contributed by atoms with van der Waals surface area (Å²) in [6.45, 7) is 0.695. The van der Waals surface area contributed by atoms with Gasteiger partial charge in [-0.15, -0.1) is 0 Å². The van der Waals surface area contributed by atoms with E-state index in [2.05, 4.69) is 16.9 Å². The van der Waals surface area contributed by atoms with E-state index in [9.17, 15) is 9.59 Å². The second-order valence-corrected chi connectivity index (χ2v) is 6.34. The maximum absolute atomic E-state index is 11.6. The molecular weight excluding hydrogens is 276 g/mol. The molecule has 0 bridgehead atoms. The Morgan fingerprint density at radius 1 is 1.20 bits per heavy atom. The molecule has 0 radical (unpaired) electrons. The molecule has 116 valence electrons. The number of carboxylic acids is 1. The summed E-state index contributed by atoms with van der Waals surface area (Å²) in [5, 5.41) is 14.6. The number of carbonyl (C=O) groups excluding carboxylic acids is 1. The molecule has 3 N–H and O–H groups in total. The molecule has 1 rings (SSSR count). The molecule has 0 spiro atoms. The van der Waals surface area contributed by atoms with Gasteiger partial charge in [0.2, 0.25) is 0 Å². The first kappa shape index (κ1) is 17.1. The van der Waals surface area contributed by atoms with Gasteiger partial charge in [0.05, 0.1) is 5.92 Å². The zero-order valence-corrected chi connectivity index (χ0v) is 13.0. The molecule has 6 heteroatoms. The maximum atomic E-state index is 11.6.